The topological polar surface area (TPSA) is 50.5 Å². The molecule has 0 saturated heterocycles. The van der Waals surface area contributed by atoms with Gasteiger partial charge < -0.3 is 4.42 Å². The number of aryl methyl sites for hydroxylation is 2. The predicted octanol–water partition coefficient (Wildman–Crippen LogP) is 3.30. The SMILES string of the molecule is Cc1oc(C)c(S(=O)(=O)N(C)C(C)C(C)C)c1CCl. The average molecular weight is 308 g/mol. The number of furan rings is 1. The third-order valence-electron chi connectivity index (χ3n) is 3.63. The second-order valence-corrected chi connectivity index (χ2v) is 7.36. The molecule has 0 aliphatic heterocycles. The molecule has 1 atom stereocenters. The summed E-state index contributed by atoms with van der Waals surface area (Å²) in [5.74, 6) is 1.32. The quantitative estimate of drug-likeness (QED) is 0.784. The molecule has 1 aromatic heterocycles. The van der Waals surface area contributed by atoms with Crippen molar-refractivity contribution in [3.05, 3.63) is 17.1 Å². The van der Waals surface area contributed by atoms with Gasteiger partial charge in [-0.15, -0.1) is 11.6 Å². The van der Waals surface area contributed by atoms with Crippen molar-refractivity contribution in [2.45, 2.75) is 51.4 Å². The zero-order chi connectivity index (χ0) is 15.0. The Labute approximate surface area is 120 Å². The van der Waals surface area contributed by atoms with Gasteiger partial charge in [0.05, 0.1) is 5.88 Å². The van der Waals surface area contributed by atoms with Crippen LogP contribution in [-0.2, 0) is 15.9 Å². The zero-order valence-electron chi connectivity index (χ0n) is 12.3. The highest BCUT2D eigenvalue weighted by Gasteiger charge is 2.33. The van der Waals surface area contributed by atoms with Crippen molar-refractivity contribution in [2.75, 3.05) is 7.05 Å². The molecular formula is C13H22ClNO3S. The van der Waals surface area contributed by atoms with E-state index in [1.807, 2.05) is 20.8 Å². The Balaban J connectivity index is 3.36. The molecule has 1 aromatic rings. The molecule has 6 heteroatoms. The van der Waals surface area contributed by atoms with E-state index in [0.29, 0.717) is 17.1 Å². The molecule has 0 saturated carbocycles. The minimum absolute atomic E-state index is 0.0946. The number of sulfonamides is 1. The first kappa shape index (κ1) is 16.5. The second-order valence-electron chi connectivity index (χ2n) is 5.16. The summed E-state index contributed by atoms with van der Waals surface area (Å²) < 4.78 is 32.2. The highest BCUT2D eigenvalue weighted by Crippen LogP contribution is 2.31. The largest absolute Gasteiger partial charge is 0.465 e. The van der Waals surface area contributed by atoms with Crippen LogP contribution in [0.2, 0.25) is 0 Å². The van der Waals surface area contributed by atoms with Crippen LogP contribution in [0.3, 0.4) is 0 Å². The van der Waals surface area contributed by atoms with Gasteiger partial charge in [-0.3, -0.25) is 0 Å². The van der Waals surface area contributed by atoms with Crippen molar-refractivity contribution >= 4 is 21.6 Å². The van der Waals surface area contributed by atoms with Gasteiger partial charge in [0.15, 0.2) is 0 Å². The maximum atomic E-state index is 12.7. The predicted molar refractivity (Wildman–Crippen MR) is 77.0 cm³/mol. The van der Waals surface area contributed by atoms with E-state index in [4.69, 9.17) is 16.0 Å². The molecule has 1 rings (SSSR count). The summed E-state index contributed by atoms with van der Waals surface area (Å²) in [7, 11) is -1.98. The molecule has 1 unspecified atom stereocenters. The van der Waals surface area contributed by atoms with Crippen molar-refractivity contribution in [1.29, 1.82) is 0 Å². The van der Waals surface area contributed by atoms with Gasteiger partial charge in [-0.05, 0) is 26.7 Å². The van der Waals surface area contributed by atoms with Crippen LogP contribution >= 0.6 is 11.6 Å². The van der Waals surface area contributed by atoms with Crippen LogP contribution in [0.1, 0.15) is 37.9 Å². The fraction of sp³-hybridized carbons (Fsp3) is 0.692. The van der Waals surface area contributed by atoms with E-state index >= 15 is 0 Å². The van der Waals surface area contributed by atoms with E-state index in [2.05, 4.69) is 0 Å². The minimum atomic E-state index is -3.58. The highest BCUT2D eigenvalue weighted by atomic mass is 35.5. The van der Waals surface area contributed by atoms with Crippen LogP contribution in [0.5, 0.6) is 0 Å². The molecule has 0 aromatic carbocycles. The first-order chi connectivity index (χ1) is 8.64. The van der Waals surface area contributed by atoms with Crippen LogP contribution < -0.4 is 0 Å². The number of hydrogen-bond donors (Lipinski definition) is 0. The fourth-order valence-electron chi connectivity index (χ4n) is 1.98. The lowest BCUT2D eigenvalue weighted by Crippen LogP contribution is -2.38. The second kappa shape index (κ2) is 5.85. The third kappa shape index (κ3) is 2.98. The Kier molecular flexibility index (Phi) is 5.09. The third-order valence-corrected chi connectivity index (χ3v) is 6.04. The fourth-order valence-corrected chi connectivity index (χ4v) is 4.29. The Morgan fingerprint density at radius 1 is 1.21 bits per heavy atom. The van der Waals surface area contributed by atoms with Crippen LogP contribution in [0.15, 0.2) is 9.31 Å². The van der Waals surface area contributed by atoms with E-state index in [1.54, 1.807) is 20.9 Å². The molecule has 0 bridgehead atoms. The molecule has 0 radical (unpaired) electrons. The number of hydrogen-bond acceptors (Lipinski definition) is 3. The van der Waals surface area contributed by atoms with Crippen molar-refractivity contribution < 1.29 is 12.8 Å². The summed E-state index contributed by atoms with van der Waals surface area (Å²) in [5, 5.41) is 0. The summed E-state index contributed by atoms with van der Waals surface area (Å²) in [6.07, 6.45) is 0. The van der Waals surface area contributed by atoms with Crippen molar-refractivity contribution in [1.82, 2.24) is 4.31 Å². The molecule has 0 fully saturated rings. The molecule has 0 aliphatic carbocycles. The van der Waals surface area contributed by atoms with Crippen LogP contribution in [0, 0.1) is 19.8 Å². The van der Waals surface area contributed by atoms with Gasteiger partial charge in [0.2, 0.25) is 10.0 Å². The summed E-state index contributed by atoms with van der Waals surface area (Å²) in [6, 6.07) is -0.0946. The summed E-state index contributed by atoms with van der Waals surface area (Å²) in [4.78, 5) is 0.218. The van der Waals surface area contributed by atoms with Crippen LogP contribution in [0.25, 0.3) is 0 Å². The number of alkyl halides is 1. The summed E-state index contributed by atoms with van der Waals surface area (Å²) in [5.41, 5.74) is 0.557. The van der Waals surface area contributed by atoms with E-state index in [-0.39, 0.29) is 22.7 Å². The Morgan fingerprint density at radius 2 is 1.74 bits per heavy atom. The summed E-state index contributed by atoms with van der Waals surface area (Å²) in [6.45, 7) is 9.27. The maximum absolute atomic E-state index is 12.7. The maximum Gasteiger partial charge on any atom is 0.246 e. The number of rotatable bonds is 5. The van der Waals surface area contributed by atoms with E-state index in [9.17, 15) is 8.42 Å². The van der Waals surface area contributed by atoms with E-state index in [1.165, 1.54) is 4.31 Å². The zero-order valence-corrected chi connectivity index (χ0v) is 13.9. The Bertz CT molecular complexity index is 548. The lowest BCUT2D eigenvalue weighted by atomic mass is 10.1. The molecule has 4 nitrogen and oxygen atoms in total. The van der Waals surface area contributed by atoms with Crippen molar-refractivity contribution in [3.63, 3.8) is 0 Å². The first-order valence-electron chi connectivity index (χ1n) is 6.27. The van der Waals surface area contributed by atoms with E-state index < -0.39 is 10.0 Å². The van der Waals surface area contributed by atoms with Gasteiger partial charge in [-0.25, -0.2) is 8.42 Å². The van der Waals surface area contributed by atoms with Crippen LogP contribution in [-0.4, -0.2) is 25.8 Å². The van der Waals surface area contributed by atoms with Crippen molar-refractivity contribution in [3.8, 4) is 0 Å². The molecule has 110 valence electrons. The van der Waals surface area contributed by atoms with Gasteiger partial charge in [0.1, 0.15) is 16.4 Å². The van der Waals surface area contributed by atoms with Crippen molar-refractivity contribution in [2.24, 2.45) is 5.92 Å². The lowest BCUT2D eigenvalue weighted by molar-refractivity contribution is 0.315. The smallest absolute Gasteiger partial charge is 0.246 e. The Hall–Kier alpha value is -0.520. The van der Waals surface area contributed by atoms with Gasteiger partial charge >= 0.3 is 0 Å². The number of halogens is 1. The molecule has 0 spiro atoms. The monoisotopic (exact) mass is 307 g/mol. The molecule has 0 aliphatic rings. The summed E-state index contributed by atoms with van der Waals surface area (Å²) >= 11 is 5.86. The molecule has 0 amide bonds. The standard InChI is InChI=1S/C13H22ClNO3S/c1-8(2)9(3)15(6)19(16,17)13-11(5)18-10(4)12(13)7-14/h8-9H,7H2,1-6H3. The molecule has 1 heterocycles. The van der Waals surface area contributed by atoms with E-state index in [0.717, 1.165) is 0 Å². The minimum Gasteiger partial charge on any atom is -0.465 e. The highest BCUT2D eigenvalue weighted by molar-refractivity contribution is 7.89. The molecule has 19 heavy (non-hydrogen) atoms. The lowest BCUT2D eigenvalue weighted by Gasteiger charge is -2.27. The normalized spacial score (nSPS) is 14.4. The van der Waals surface area contributed by atoms with Gasteiger partial charge in [-0.2, -0.15) is 4.31 Å². The average Bonchev–Trinajstić information content (AvgIpc) is 2.61. The molecule has 0 N–H and O–H groups in total. The Morgan fingerprint density at radius 3 is 2.16 bits per heavy atom. The van der Waals surface area contributed by atoms with Crippen LogP contribution in [0.4, 0.5) is 0 Å². The first-order valence-corrected chi connectivity index (χ1v) is 8.24. The van der Waals surface area contributed by atoms with Gasteiger partial charge in [0.25, 0.3) is 0 Å². The van der Waals surface area contributed by atoms with Gasteiger partial charge in [0, 0.05) is 18.7 Å². The van der Waals surface area contributed by atoms with Gasteiger partial charge in [-0.1, -0.05) is 13.8 Å². The molecular weight excluding hydrogens is 286 g/mol. The number of nitrogens with zero attached hydrogens (tertiary/aromatic N) is 1.